The molecule has 2 rings (SSSR count). The molecular weight excluding hydrogens is 188 g/mol. The summed E-state index contributed by atoms with van der Waals surface area (Å²) in [6.45, 7) is 4.82. The van der Waals surface area contributed by atoms with Gasteiger partial charge in [0.25, 0.3) is 0 Å². The zero-order valence-corrected chi connectivity index (χ0v) is 9.19. The van der Waals surface area contributed by atoms with Gasteiger partial charge in [0.15, 0.2) is 0 Å². The van der Waals surface area contributed by atoms with E-state index in [0.29, 0.717) is 5.92 Å². The molecule has 0 bridgehead atoms. The maximum Gasteiger partial charge on any atom is 0.225 e. The first-order valence-electron chi connectivity index (χ1n) is 5.54. The van der Waals surface area contributed by atoms with Gasteiger partial charge in [0.1, 0.15) is 0 Å². The van der Waals surface area contributed by atoms with E-state index in [0.717, 1.165) is 31.3 Å². The third-order valence-electron chi connectivity index (χ3n) is 2.92. The highest BCUT2D eigenvalue weighted by molar-refractivity contribution is 5.30. The number of hydrogen-bond acceptors (Lipinski definition) is 4. The van der Waals surface area contributed by atoms with Crippen LogP contribution in [-0.4, -0.2) is 29.6 Å². The summed E-state index contributed by atoms with van der Waals surface area (Å²) in [5.41, 5.74) is 6.73. The lowest BCUT2D eigenvalue weighted by atomic mass is 9.99. The van der Waals surface area contributed by atoms with E-state index in [2.05, 4.69) is 14.9 Å². The van der Waals surface area contributed by atoms with Crippen LogP contribution >= 0.6 is 0 Å². The fourth-order valence-corrected chi connectivity index (χ4v) is 2.03. The molecule has 0 spiro atoms. The van der Waals surface area contributed by atoms with Gasteiger partial charge in [-0.25, -0.2) is 9.97 Å². The second-order valence-electron chi connectivity index (χ2n) is 4.19. The van der Waals surface area contributed by atoms with E-state index in [9.17, 15) is 0 Å². The van der Waals surface area contributed by atoms with Crippen LogP contribution in [0.3, 0.4) is 0 Å². The molecule has 2 heterocycles. The quantitative estimate of drug-likeness (QED) is 0.783. The van der Waals surface area contributed by atoms with Crippen LogP contribution < -0.4 is 10.6 Å². The highest BCUT2D eigenvalue weighted by Gasteiger charge is 2.20. The van der Waals surface area contributed by atoms with Crippen LogP contribution in [0, 0.1) is 12.8 Å². The monoisotopic (exact) mass is 206 g/mol. The van der Waals surface area contributed by atoms with Gasteiger partial charge >= 0.3 is 0 Å². The Bertz CT molecular complexity index is 326. The molecule has 0 radical (unpaired) electrons. The highest BCUT2D eigenvalue weighted by Crippen LogP contribution is 2.19. The predicted molar refractivity (Wildman–Crippen MR) is 60.8 cm³/mol. The van der Waals surface area contributed by atoms with E-state index in [1.54, 1.807) is 0 Å². The summed E-state index contributed by atoms with van der Waals surface area (Å²) in [6.07, 6.45) is 4.25. The van der Waals surface area contributed by atoms with Crippen LogP contribution in [-0.2, 0) is 0 Å². The van der Waals surface area contributed by atoms with E-state index in [-0.39, 0.29) is 0 Å². The Morgan fingerprint density at radius 3 is 3.20 bits per heavy atom. The van der Waals surface area contributed by atoms with Crippen LogP contribution in [0.5, 0.6) is 0 Å². The van der Waals surface area contributed by atoms with Crippen molar-refractivity contribution in [2.24, 2.45) is 11.7 Å². The minimum atomic E-state index is 0.600. The number of aromatic nitrogens is 2. The normalized spacial score (nSPS) is 21.7. The number of nitrogens with two attached hydrogens (primary N) is 1. The van der Waals surface area contributed by atoms with Gasteiger partial charge in [0.05, 0.1) is 0 Å². The molecule has 1 unspecified atom stereocenters. The topological polar surface area (TPSA) is 55.0 Å². The maximum absolute atomic E-state index is 5.71. The molecule has 1 aliphatic heterocycles. The molecule has 1 atom stereocenters. The molecule has 15 heavy (non-hydrogen) atoms. The van der Waals surface area contributed by atoms with E-state index in [1.165, 1.54) is 12.8 Å². The summed E-state index contributed by atoms with van der Waals surface area (Å²) in [7, 11) is 0. The number of rotatable bonds is 2. The molecule has 82 valence electrons. The van der Waals surface area contributed by atoms with Crippen LogP contribution in [0.15, 0.2) is 12.3 Å². The Labute approximate surface area is 90.5 Å². The smallest absolute Gasteiger partial charge is 0.225 e. The highest BCUT2D eigenvalue weighted by atomic mass is 15.3. The molecule has 0 saturated carbocycles. The van der Waals surface area contributed by atoms with Crippen molar-refractivity contribution in [2.45, 2.75) is 19.8 Å². The number of aryl methyl sites for hydroxylation is 1. The van der Waals surface area contributed by atoms with Crippen molar-refractivity contribution < 1.29 is 0 Å². The lowest BCUT2D eigenvalue weighted by Gasteiger charge is -2.32. The van der Waals surface area contributed by atoms with Gasteiger partial charge in [0, 0.05) is 25.0 Å². The van der Waals surface area contributed by atoms with E-state index in [1.807, 2.05) is 19.2 Å². The van der Waals surface area contributed by atoms with Crippen molar-refractivity contribution in [1.82, 2.24) is 9.97 Å². The Hall–Kier alpha value is -1.16. The van der Waals surface area contributed by atoms with Crippen molar-refractivity contribution in [2.75, 3.05) is 24.5 Å². The van der Waals surface area contributed by atoms with Gasteiger partial charge in [-0.1, -0.05) is 0 Å². The molecule has 1 aromatic heterocycles. The number of hydrogen-bond donors (Lipinski definition) is 1. The third kappa shape index (κ3) is 2.45. The summed E-state index contributed by atoms with van der Waals surface area (Å²) >= 11 is 0. The lowest BCUT2D eigenvalue weighted by Crippen LogP contribution is -2.39. The Morgan fingerprint density at radius 1 is 1.60 bits per heavy atom. The minimum absolute atomic E-state index is 0.600. The molecule has 1 aromatic rings. The predicted octanol–water partition coefficient (Wildman–Crippen LogP) is 0.960. The van der Waals surface area contributed by atoms with Crippen molar-refractivity contribution in [1.29, 1.82) is 0 Å². The Balaban J connectivity index is 2.09. The molecule has 1 fully saturated rings. The largest absolute Gasteiger partial charge is 0.340 e. The summed E-state index contributed by atoms with van der Waals surface area (Å²) in [6, 6.07) is 1.92. The molecule has 2 N–H and O–H groups in total. The molecule has 0 aliphatic carbocycles. The summed E-state index contributed by atoms with van der Waals surface area (Å²) < 4.78 is 0. The summed E-state index contributed by atoms with van der Waals surface area (Å²) in [4.78, 5) is 11.0. The van der Waals surface area contributed by atoms with Gasteiger partial charge in [-0.2, -0.15) is 0 Å². The van der Waals surface area contributed by atoms with E-state index < -0.39 is 0 Å². The first-order chi connectivity index (χ1) is 7.29. The minimum Gasteiger partial charge on any atom is -0.340 e. The maximum atomic E-state index is 5.71. The fraction of sp³-hybridized carbons (Fsp3) is 0.636. The molecule has 1 saturated heterocycles. The molecule has 0 aromatic carbocycles. The number of anilines is 1. The Kier molecular flexibility index (Phi) is 3.16. The SMILES string of the molecule is Cc1ccnc(N2CCCC(CN)C2)n1. The van der Waals surface area contributed by atoms with Crippen molar-refractivity contribution in [3.63, 3.8) is 0 Å². The Morgan fingerprint density at radius 2 is 2.47 bits per heavy atom. The van der Waals surface area contributed by atoms with Crippen LogP contribution in [0.2, 0.25) is 0 Å². The van der Waals surface area contributed by atoms with Crippen LogP contribution in [0.4, 0.5) is 5.95 Å². The zero-order chi connectivity index (χ0) is 10.7. The number of piperidine rings is 1. The second kappa shape index (κ2) is 4.57. The number of nitrogens with zero attached hydrogens (tertiary/aromatic N) is 3. The lowest BCUT2D eigenvalue weighted by molar-refractivity contribution is 0.419. The first kappa shape index (κ1) is 10.4. The van der Waals surface area contributed by atoms with E-state index in [4.69, 9.17) is 5.73 Å². The van der Waals surface area contributed by atoms with Crippen LogP contribution in [0.25, 0.3) is 0 Å². The third-order valence-corrected chi connectivity index (χ3v) is 2.92. The zero-order valence-electron chi connectivity index (χ0n) is 9.19. The van der Waals surface area contributed by atoms with E-state index >= 15 is 0 Å². The second-order valence-corrected chi connectivity index (χ2v) is 4.19. The molecule has 4 heteroatoms. The molecule has 1 aliphatic rings. The first-order valence-corrected chi connectivity index (χ1v) is 5.54. The van der Waals surface area contributed by atoms with Crippen molar-refractivity contribution in [3.05, 3.63) is 18.0 Å². The molecule has 4 nitrogen and oxygen atoms in total. The van der Waals surface area contributed by atoms with Crippen LogP contribution in [0.1, 0.15) is 18.5 Å². The molecular formula is C11H18N4. The van der Waals surface area contributed by atoms with Gasteiger partial charge in [-0.15, -0.1) is 0 Å². The standard InChI is InChI=1S/C11H18N4/c1-9-4-5-13-11(14-9)15-6-2-3-10(7-12)8-15/h4-5,10H,2-3,6-8,12H2,1H3. The average Bonchev–Trinajstić information content (AvgIpc) is 2.29. The summed E-state index contributed by atoms with van der Waals surface area (Å²) in [5.74, 6) is 1.45. The van der Waals surface area contributed by atoms with Gasteiger partial charge in [-0.3, -0.25) is 0 Å². The van der Waals surface area contributed by atoms with Gasteiger partial charge < -0.3 is 10.6 Å². The van der Waals surface area contributed by atoms with Crippen molar-refractivity contribution >= 4 is 5.95 Å². The van der Waals surface area contributed by atoms with Crippen molar-refractivity contribution in [3.8, 4) is 0 Å². The summed E-state index contributed by atoms with van der Waals surface area (Å²) in [5, 5.41) is 0. The fourth-order valence-electron chi connectivity index (χ4n) is 2.03. The average molecular weight is 206 g/mol. The van der Waals surface area contributed by atoms with Gasteiger partial charge in [-0.05, 0) is 38.3 Å². The van der Waals surface area contributed by atoms with Gasteiger partial charge in [0.2, 0.25) is 5.95 Å². The molecule has 0 amide bonds.